The molecule has 10 heteroatoms. The Morgan fingerprint density at radius 1 is 1.18 bits per heavy atom. The molecule has 0 aliphatic carbocycles. The van der Waals surface area contributed by atoms with Crippen LogP contribution in [0.2, 0.25) is 0 Å². The Bertz CT molecular complexity index is 1780. The molecule has 1 amide bonds. The minimum absolute atomic E-state index is 0.0862. The van der Waals surface area contributed by atoms with Crippen molar-refractivity contribution in [3.63, 3.8) is 0 Å². The number of allylic oxidation sites excluding steroid dienone is 1. The van der Waals surface area contributed by atoms with Crippen LogP contribution in [0.4, 0.5) is 5.69 Å². The van der Waals surface area contributed by atoms with Gasteiger partial charge in [0.1, 0.15) is 11.5 Å². The van der Waals surface area contributed by atoms with Crippen LogP contribution >= 0.6 is 49.9 Å². The fourth-order valence-corrected chi connectivity index (χ4v) is 6.88. The molecule has 0 saturated carbocycles. The summed E-state index contributed by atoms with van der Waals surface area (Å²) in [4.78, 5) is 32.6. The van der Waals surface area contributed by atoms with Crippen molar-refractivity contribution in [2.75, 3.05) is 12.4 Å². The Balaban J connectivity index is 1.71. The van der Waals surface area contributed by atoms with E-state index in [1.807, 2.05) is 65.1 Å². The standard InChI is InChI=1S/C28H21BrIN3O4S/c1-15-23(26(35)32-19-8-4-3-5-9-19)24(16-7-6-10-20(12-16)37-2)33-27(36)22(38-28(33)31-15)13-17-11-18(29)14-21(30)25(17)34/h3-14,24,34H,1-2H3,(H,32,35)/b22-13-/t24-/m1/s1. The fourth-order valence-electron chi connectivity index (χ4n) is 4.30. The molecule has 4 aromatic rings. The van der Waals surface area contributed by atoms with Gasteiger partial charge in [-0.2, -0.15) is 0 Å². The molecule has 0 radical (unpaired) electrons. The van der Waals surface area contributed by atoms with Crippen LogP contribution in [0.3, 0.4) is 0 Å². The molecule has 1 aliphatic rings. The van der Waals surface area contributed by atoms with Gasteiger partial charge in [-0.15, -0.1) is 0 Å². The number of carbonyl (C=O) groups is 1. The van der Waals surface area contributed by atoms with Gasteiger partial charge < -0.3 is 15.2 Å². The number of fused-ring (bicyclic) bond motifs is 1. The Morgan fingerprint density at radius 2 is 1.95 bits per heavy atom. The molecular weight excluding hydrogens is 681 g/mol. The second-order valence-corrected chi connectivity index (χ2v) is 11.6. The van der Waals surface area contributed by atoms with Gasteiger partial charge in [0.25, 0.3) is 11.5 Å². The van der Waals surface area contributed by atoms with Crippen molar-refractivity contribution in [1.82, 2.24) is 4.57 Å². The van der Waals surface area contributed by atoms with E-state index >= 15 is 0 Å². The summed E-state index contributed by atoms with van der Waals surface area (Å²) in [7, 11) is 1.57. The van der Waals surface area contributed by atoms with E-state index in [1.165, 1.54) is 15.9 Å². The molecule has 1 atom stereocenters. The SMILES string of the molecule is COc1cccc([C@@H]2C(C(=O)Nc3ccccc3)=C(C)N=c3s/c(=C\c4cc(Br)cc(I)c4O)c(=O)n32)c1. The summed E-state index contributed by atoms with van der Waals surface area (Å²) in [6.45, 7) is 1.77. The van der Waals surface area contributed by atoms with E-state index in [-0.39, 0.29) is 17.2 Å². The van der Waals surface area contributed by atoms with Crippen molar-refractivity contribution in [1.29, 1.82) is 0 Å². The van der Waals surface area contributed by atoms with Crippen LogP contribution in [0.15, 0.2) is 92.3 Å². The molecule has 2 N–H and O–H groups in total. The van der Waals surface area contributed by atoms with Crippen molar-refractivity contribution in [2.24, 2.45) is 4.99 Å². The van der Waals surface area contributed by atoms with E-state index in [2.05, 4.69) is 26.2 Å². The molecule has 0 bridgehead atoms. The number of phenols is 1. The number of phenolic OH excluding ortho intramolecular Hbond substituents is 1. The van der Waals surface area contributed by atoms with E-state index in [4.69, 9.17) is 4.74 Å². The molecular formula is C28H21BrIN3O4S. The molecule has 1 aliphatic heterocycles. The number of amides is 1. The number of nitrogens with one attached hydrogen (secondary N) is 1. The number of nitrogens with zero attached hydrogens (tertiary/aromatic N) is 2. The Hall–Kier alpha value is -3.22. The first-order valence-corrected chi connectivity index (χ1v) is 14.2. The number of para-hydroxylation sites is 1. The zero-order valence-corrected chi connectivity index (χ0v) is 24.8. The third kappa shape index (κ3) is 5.07. The van der Waals surface area contributed by atoms with Gasteiger partial charge in [-0.3, -0.25) is 14.2 Å². The zero-order valence-electron chi connectivity index (χ0n) is 20.2. The van der Waals surface area contributed by atoms with Crippen molar-refractivity contribution in [2.45, 2.75) is 13.0 Å². The fraction of sp³-hybridized carbons (Fsp3) is 0.107. The lowest BCUT2D eigenvalue weighted by atomic mass is 9.95. The lowest BCUT2D eigenvalue weighted by Gasteiger charge is -2.25. The maximum atomic E-state index is 13.9. The first-order chi connectivity index (χ1) is 18.3. The lowest BCUT2D eigenvalue weighted by molar-refractivity contribution is -0.113. The molecule has 192 valence electrons. The predicted octanol–water partition coefficient (Wildman–Crippen LogP) is 4.96. The monoisotopic (exact) mass is 701 g/mol. The largest absolute Gasteiger partial charge is 0.506 e. The van der Waals surface area contributed by atoms with Gasteiger partial charge in [0, 0.05) is 15.7 Å². The number of hydrogen-bond acceptors (Lipinski definition) is 6. The summed E-state index contributed by atoms with van der Waals surface area (Å²) < 4.78 is 8.80. The quantitative estimate of drug-likeness (QED) is 0.288. The molecule has 0 fully saturated rings. The smallest absolute Gasteiger partial charge is 0.271 e. The van der Waals surface area contributed by atoms with Crippen LogP contribution in [0.25, 0.3) is 6.08 Å². The van der Waals surface area contributed by atoms with E-state index in [0.29, 0.717) is 46.7 Å². The van der Waals surface area contributed by atoms with E-state index in [1.54, 1.807) is 44.4 Å². The first kappa shape index (κ1) is 26.4. The van der Waals surface area contributed by atoms with Crippen LogP contribution < -0.4 is 24.9 Å². The van der Waals surface area contributed by atoms with Crippen LogP contribution in [0, 0.1) is 3.57 Å². The number of aromatic nitrogens is 1. The van der Waals surface area contributed by atoms with Gasteiger partial charge in [-0.25, -0.2) is 4.99 Å². The van der Waals surface area contributed by atoms with E-state index in [0.717, 1.165) is 4.47 Å². The van der Waals surface area contributed by atoms with Crippen LogP contribution in [0.5, 0.6) is 11.5 Å². The number of aromatic hydroxyl groups is 1. The minimum atomic E-state index is -0.733. The molecule has 5 rings (SSSR count). The summed E-state index contributed by atoms with van der Waals surface area (Å²) in [6, 6.07) is 19.3. The summed E-state index contributed by atoms with van der Waals surface area (Å²) in [6.07, 6.45) is 1.65. The third-order valence-corrected chi connectivity index (χ3v) is 8.31. The third-order valence-electron chi connectivity index (χ3n) is 6.05. The average Bonchev–Trinajstić information content (AvgIpc) is 3.20. The molecule has 7 nitrogen and oxygen atoms in total. The number of halogens is 2. The number of rotatable bonds is 5. The minimum Gasteiger partial charge on any atom is -0.506 e. The molecule has 2 heterocycles. The molecule has 0 spiro atoms. The maximum Gasteiger partial charge on any atom is 0.271 e. The number of carbonyl (C=O) groups excluding carboxylic acids is 1. The van der Waals surface area contributed by atoms with Crippen LogP contribution in [-0.2, 0) is 4.79 Å². The van der Waals surface area contributed by atoms with Gasteiger partial charge in [0.05, 0.1) is 32.5 Å². The molecule has 0 unspecified atom stereocenters. The second kappa shape index (κ2) is 10.9. The van der Waals surface area contributed by atoms with Gasteiger partial charge in [-0.05, 0) is 77.6 Å². The van der Waals surface area contributed by atoms with Gasteiger partial charge in [0.15, 0.2) is 4.80 Å². The number of methoxy groups -OCH3 is 1. The normalized spacial score (nSPS) is 15.2. The highest BCUT2D eigenvalue weighted by Gasteiger charge is 2.32. The average molecular weight is 702 g/mol. The summed E-state index contributed by atoms with van der Waals surface area (Å²) >= 11 is 6.70. The highest BCUT2D eigenvalue weighted by molar-refractivity contribution is 14.1. The summed E-state index contributed by atoms with van der Waals surface area (Å²) in [5.74, 6) is 0.345. The van der Waals surface area contributed by atoms with Crippen molar-refractivity contribution in [3.05, 3.63) is 117 Å². The van der Waals surface area contributed by atoms with Crippen LogP contribution in [0.1, 0.15) is 24.1 Å². The topological polar surface area (TPSA) is 92.9 Å². The number of thiazole rings is 1. The summed E-state index contributed by atoms with van der Waals surface area (Å²) in [5.41, 5.74) is 2.42. The van der Waals surface area contributed by atoms with Crippen molar-refractivity contribution >= 4 is 67.5 Å². The predicted molar refractivity (Wildman–Crippen MR) is 160 cm³/mol. The Morgan fingerprint density at radius 3 is 2.68 bits per heavy atom. The van der Waals surface area contributed by atoms with Crippen molar-refractivity contribution < 1.29 is 14.6 Å². The van der Waals surface area contributed by atoms with E-state index in [9.17, 15) is 14.7 Å². The maximum absolute atomic E-state index is 13.9. The highest BCUT2D eigenvalue weighted by atomic mass is 127. The first-order valence-electron chi connectivity index (χ1n) is 11.5. The van der Waals surface area contributed by atoms with Gasteiger partial charge in [-0.1, -0.05) is 57.6 Å². The van der Waals surface area contributed by atoms with E-state index < -0.39 is 6.04 Å². The number of ether oxygens (including phenoxy) is 1. The van der Waals surface area contributed by atoms with Crippen LogP contribution in [-0.4, -0.2) is 22.7 Å². The number of hydrogen-bond donors (Lipinski definition) is 2. The summed E-state index contributed by atoms with van der Waals surface area (Å²) in [5, 5.41) is 13.5. The molecule has 1 aromatic heterocycles. The Labute approximate surface area is 244 Å². The van der Waals surface area contributed by atoms with Crippen molar-refractivity contribution in [3.8, 4) is 11.5 Å². The molecule has 0 saturated heterocycles. The lowest BCUT2D eigenvalue weighted by Crippen LogP contribution is -2.40. The molecule has 3 aromatic carbocycles. The number of anilines is 1. The second-order valence-electron chi connectivity index (χ2n) is 8.50. The number of benzene rings is 3. The van der Waals surface area contributed by atoms with Gasteiger partial charge >= 0.3 is 0 Å². The Kier molecular flexibility index (Phi) is 7.55. The molecule has 38 heavy (non-hydrogen) atoms. The highest BCUT2D eigenvalue weighted by Crippen LogP contribution is 2.33. The van der Waals surface area contributed by atoms with Gasteiger partial charge in [0.2, 0.25) is 0 Å². The zero-order chi connectivity index (χ0) is 27.0.